The van der Waals surface area contributed by atoms with Gasteiger partial charge >= 0.3 is 0 Å². The summed E-state index contributed by atoms with van der Waals surface area (Å²) in [7, 11) is 0. The summed E-state index contributed by atoms with van der Waals surface area (Å²) in [4.78, 5) is 0. The third kappa shape index (κ3) is 5.33. The van der Waals surface area contributed by atoms with E-state index >= 15 is 0 Å². The van der Waals surface area contributed by atoms with Crippen LogP contribution in [-0.2, 0) is 0 Å². The Morgan fingerprint density at radius 2 is 1.92 bits per heavy atom. The van der Waals surface area contributed by atoms with Crippen molar-refractivity contribution in [2.45, 2.75) is 39.2 Å². The summed E-state index contributed by atoms with van der Waals surface area (Å²) < 4.78 is 0. The van der Waals surface area contributed by atoms with E-state index in [9.17, 15) is 0 Å². The Morgan fingerprint density at radius 1 is 1.33 bits per heavy atom. The summed E-state index contributed by atoms with van der Waals surface area (Å²) >= 11 is 0. The maximum atomic E-state index is 9.06. The molecule has 0 fully saturated rings. The van der Waals surface area contributed by atoms with Crippen molar-refractivity contribution in [1.29, 1.82) is 0 Å². The van der Waals surface area contributed by atoms with Gasteiger partial charge in [-0.2, -0.15) is 0 Å². The van der Waals surface area contributed by atoms with Crippen LogP contribution in [0.2, 0.25) is 0 Å². The molecule has 2 atom stereocenters. The Hall–Kier alpha value is -0.340. The van der Waals surface area contributed by atoms with Crippen molar-refractivity contribution >= 4 is 0 Å². The van der Waals surface area contributed by atoms with Gasteiger partial charge in [0.15, 0.2) is 0 Å². The van der Waals surface area contributed by atoms with Crippen LogP contribution >= 0.6 is 0 Å². The van der Waals surface area contributed by atoms with E-state index in [0.717, 1.165) is 24.8 Å². The Morgan fingerprint density at radius 3 is 2.25 bits per heavy atom. The van der Waals surface area contributed by atoms with Crippen molar-refractivity contribution in [3.63, 3.8) is 0 Å². The fraction of sp³-hybridized carbons (Fsp3) is 0.800. The molecule has 0 amide bonds. The van der Waals surface area contributed by atoms with Gasteiger partial charge in [-0.05, 0) is 39.0 Å². The molecular formula is C10H20O2. The standard InChI is InChI=1S/C10H20O2/c1-8(2)10(6-7-11)5-4-9(3)12/h9-12H,1,4-7H2,2-3H3/t9?,10-/m0/s1. The molecule has 72 valence electrons. The van der Waals surface area contributed by atoms with E-state index in [1.807, 2.05) is 6.92 Å². The van der Waals surface area contributed by atoms with Gasteiger partial charge in [0.2, 0.25) is 0 Å². The molecule has 0 aliphatic heterocycles. The zero-order valence-corrected chi connectivity index (χ0v) is 8.08. The Labute approximate surface area is 74.9 Å². The van der Waals surface area contributed by atoms with E-state index in [4.69, 9.17) is 10.2 Å². The van der Waals surface area contributed by atoms with Crippen molar-refractivity contribution in [1.82, 2.24) is 0 Å². The van der Waals surface area contributed by atoms with Crippen molar-refractivity contribution in [3.8, 4) is 0 Å². The average Bonchev–Trinajstić information content (AvgIpc) is 1.96. The molecule has 2 N–H and O–H groups in total. The van der Waals surface area contributed by atoms with Crippen LogP contribution in [0.25, 0.3) is 0 Å². The molecule has 0 aliphatic rings. The molecule has 0 rings (SSSR count). The summed E-state index contributed by atoms with van der Waals surface area (Å²) in [5.74, 6) is 0.365. The monoisotopic (exact) mass is 172 g/mol. The topological polar surface area (TPSA) is 40.5 Å². The van der Waals surface area contributed by atoms with Crippen LogP contribution in [-0.4, -0.2) is 22.9 Å². The fourth-order valence-corrected chi connectivity index (χ4v) is 1.24. The quantitative estimate of drug-likeness (QED) is 0.599. The number of aliphatic hydroxyl groups is 2. The zero-order valence-electron chi connectivity index (χ0n) is 8.08. The van der Waals surface area contributed by atoms with Gasteiger partial charge in [0, 0.05) is 6.61 Å². The number of hydrogen-bond donors (Lipinski definition) is 2. The summed E-state index contributed by atoms with van der Waals surface area (Å²) in [5.41, 5.74) is 1.10. The summed E-state index contributed by atoms with van der Waals surface area (Å²) in [6.45, 7) is 7.83. The number of aliphatic hydroxyl groups excluding tert-OH is 2. The van der Waals surface area contributed by atoms with E-state index in [1.54, 1.807) is 6.92 Å². The lowest BCUT2D eigenvalue weighted by Gasteiger charge is -2.16. The van der Waals surface area contributed by atoms with Crippen molar-refractivity contribution in [3.05, 3.63) is 12.2 Å². The fourth-order valence-electron chi connectivity index (χ4n) is 1.24. The third-order valence-electron chi connectivity index (χ3n) is 2.11. The van der Waals surface area contributed by atoms with Crippen LogP contribution < -0.4 is 0 Å². The first-order chi connectivity index (χ1) is 5.57. The van der Waals surface area contributed by atoms with Crippen LogP contribution in [0.1, 0.15) is 33.1 Å². The first-order valence-electron chi connectivity index (χ1n) is 4.52. The van der Waals surface area contributed by atoms with Gasteiger partial charge < -0.3 is 10.2 Å². The highest BCUT2D eigenvalue weighted by Crippen LogP contribution is 2.19. The highest BCUT2D eigenvalue weighted by molar-refractivity contribution is 4.95. The molecule has 0 saturated carbocycles. The van der Waals surface area contributed by atoms with E-state index in [-0.39, 0.29) is 12.7 Å². The van der Waals surface area contributed by atoms with Crippen molar-refractivity contribution in [2.24, 2.45) is 5.92 Å². The van der Waals surface area contributed by atoms with Crippen molar-refractivity contribution in [2.75, 3.05) is 6.61 Å². The molecule has 0 heterocycles. The largest absolute Gasteiger partial charge is 0.396 e. The van der Waals surface area contributed by atoms with Gasteiger partial charge in [-0.3, -0.25) is 0 Å². The second kappa shape index (κ2) is 6.21. The number of hydrogen-bond acceptors (Lipinski definition) is 2. The van der Waals surface area contributed by atoms with Crippen molar-refractivity contribution < 1.29 is 10.2 Å². The lowest BCUT2D eigenvalue weighted by atomic mass is 9.92. The smallest absolute Gasteiger partial charge is 0.0512 e. The maximum Gasteiger partial charge on any atom is 0.0512 e. The lowest BCUT2D eigenvalue weighted by Crippen LogP contribution is -2.08. The third-order valence-corrected chi connectivity index (χ3v) is 2.11. The number of allylic oxidation sites excluding steroid dienone is 1. The predicted molar refractivity (Wildman–Crippen MR) is 50.9 cm³/mol. The van der Waals surface area contributed by atoms with Crippen LogP contribution in [0.15, 0.2) is 12.2 Å². The molecule has 2 nitrogen and oxygen atoms in total. The Kier molecular flexibility index (Phi) is 6.03. The van der Waals surface area contributed by atoms with Crippen LogP contribution in [0.3, 0.4) is 0 Å². The Balaban J connectivity index is 3.71. The Bertz CT molecular complexity index is 130. The minimum absolute atomic E-state index is 0.206. The minimum atomic E-state index is -0.245. The molecule has 1 unspecified atom stereocenters. The highest BCUT2D eigenvalue weighted by Gasteiger charge is 2.09. The second-order valence-electron chi connectivity index (χ2n) is 3.48. The second-order valence-corrected chi connectivity index (χ2v) is 3.48. The molecule has 0 aromatic heterocycles. The average molecular weight is 172 g/mol. The van der Waals surface area contributed by atoms with Gasteiger partial charge in [-0.15, -0.1) is 0 Å². The molecule has 0 bridgehead atoms. The van der Waals surface area contributed by atoms with E-state index in [1.165, 1.54) is 0 Å². The molecule has 0 aromatic rings. The molecule has 0 saturated heterocycles. The molecule has 0 aliphatic carbocycles. The number of rotatable bonds is 6. The molecule has 2 heteroatoms. The lowest BCUT2D eigenvalue weighted by molar-refractivity contribution is 0.171. The summed E-state index contributed by atoms with van der Waals surface area (Å²) in [5, 5.41) is 17.8. The zero-order chi connectivity index (χ0) is 9.56. The van der Waals surface area contributed by atoms with Gasteiger partial charge in [0.1, 0.15) is 0 Å². The molecule has 0 spiro atoms. The van der Waals surface area contributed by atoms with Crippen LogP contribution in [0.4, 0.5) is 0 Å². The van der Waals surface area contributed by atoms with Gasteiger partial charge in [-0.25, -0.2) is 0 Å². The predicted octanol–water partition coefficient (Wildman–Crippen LogP) is 1.72. The normalized spacial score (nSPS) is 15.7. The van der Waals surface area contributed by atoms with Crippen LogP contribution in [0.5, 0.6) is 0 Å². The first kappa shape index (κ1) is 11.7. The van der Waals surface area contributed by atoms with Crippen LogP contribution in [0, 0.1) is 5.92 Å². The molecule has 0 radical (unpaired) electrons. The first-order valence-corrected chi connectivity index (χ1v) is 4.52. The van der Waals surface area contributed by atoms with Gasteiger partial charge in [0.25, 0.3) is 0 Å². The van der Waals surface area contributed by atoms with E-state index < -0.39 is 0 Å². The molecule has 0 aromatic carbocycles. The maximum absolute atomic E-state index is 9.06. The highest BCUT2D eigenvalue weighted by atomic mass is 16.3. The minimum Gasteiger partial charge on any atom is -0.396 e. The van der Waals surface area contributed by atoms with Gasteiger partial charge in [0.05, 0.1) is 6.10 Å². The molecular weight excluding hydrogens is 152 g/mol. The van der Waals surface area contributed by atoms with E-state index in [2.05, 4.69) is 6.58 Å². The summed E-state index contributed by atoms with van der Waals surface area (Å²) in [6.07, 6.45) is 2.23. The summed E-state index contributed by atoms with van der Waals surface area (Å²) in [6, 6.07) is 0. The van der Waals surface area contributed by atoms with E-state index in [0.29, 0.717) is 5.92 Å². The molecule has 12 heavy (non-hydrogen) atoms. The van der Waals surface area contributed by atoms with Gasteiger partial charge in [-0.1, -0.05) is 12.2 Å². The SMILES string of the molecule is C=C(C)[C@H](CCO)CCC(C)O.